The number of hydrogen-bond donors (Lipinski definition) is 1. The molecule has 24 heavy (non-hydrogen) atoms. The van der Waals surface area contributed by atoms with Crippen molar-refractivity contribution in [2.45, 2.75) is 23.6 Å². The molecule has 0 atom stereocenters. The van der Waals surface area contributed by atoms with E-state index in [1.807, 2.05) is 0 Å². The molecule has 8 nitrogen and oxygen atoms in total. The molecule has 1 N–H and O–H groups in total. The Hall–Kier alpha value is -1.91. The molecule has 0 saturated heterocycles. The van der Waals surface area contributed by atoms with Gasteiger partial charge >= 0.3 is 0 Å². The maximum Gasteiger partial charge on any atom is 0.245 e. The van der Waals surface area contributed by atoms with Crippen LogP contribution in [0, 0.1) is 13.8 Å². The van der Waals surface area contributed by atoms with Crippen molar-refractivity contribution >= 4 is 19.9 Å². The molecule has 2 rings (SSSR count). The molecule has 0 unspecified atom stereocenters. The number of benzene rings is 1. The zero-order valence-corrected chi connectivity index (χ0v) is 15.1. The van der Waals surface area contributed by atoms with E-state index in [1.54, 1.807) is 0 Å². The summed E-state index contributed by atoms with van der Waals surface area (Å²) in [5.74, 6) is 0.313. The van der Waals surface area contributed by atoms with Crippen LogP contribution < -0.4 is 9.46 Å². The van der Waals surface area contributed by atoms with Crippen LogP contribution in [0.1, 0.15) is 11.5 Å². The first kappa shape index (κ1) is 18.4. The summed E-state index contributed by atoms with van der Waals surface area (Å²) >= 11 is 0. The average Bonchev–Trinajstić information content (AvgIpc) is 2.86. The van der Waals surface area contributed by atoms with Crippen molar-refractivity contribution in [2.24, 2.45) is 0 Å². The molecule has 132 valence electrons. The van der Waals surface area contributed by atoms with Crippen molar-refractivity contribution in [2.75, 3.05) is 19.4 Å². The van der Waals surface area contributed by atoms with Crippen LogP contribution in [0.5, 0.6) is 5.75 Å². The zero-order valence-electron chi connectivity index (χ0n) is 13.4. The molecule has 10 heteroatoms. The summed E-state index contributed by atoms with van der Waals surface area (Å²) in [7, 11) is -6.02. The van der Waals surface area contributed by atoms with Crippen LogP contribution in [0.4, 0.5) is 0 Å². The Morgan fingerprint density at radius 3 is 2.25 bits per heavy atom. The van der Waals surface area contributed by atoms with Gasteiger partial charge in [-0.2, -0.15) is 0 Å². The summed E-state index contributed by atoms with van der Waals surface area (Å²) in [6.45, 7) is 2.71. The minimum atomic E-state index is -3.88. The van der Waals surface area contributed by atoms with E-state index in [1.165, 1.54) is 45.2 Å². The second-order valence-corrected chi connectivity index (χ2v) is 8.86. The molecule has 0 fully saturated rings. The van der Waals surface area contributed by atoms with Crippen LogP contribution in [0.25, 0.3) is 0 Å². The molecule has 0 spiro atoms. The topological polar surface area (TPSA) is 116 Å². The predicted octanol–water partition coefficient (Wildman–Crippen LogP) is 1.05. The van der Waals surface area contributed by atoms with Crippen LogP contribution in [0.15, 0.2) is 38.6 Å². The number of nitrogens with zero attached hydrogens (tertiary/aromatic N) is 1. The Kier molecular flexibility index (Phi) is 5.31. The van der Waals surface area contributed by atoms with Gasteiger partial charge in [-0.25, -0.2) is 21.6 Å². The van der Waals surface area contributed by atoms with Crippen LogP contribution in [0.2, 0.25) is 0 Å². The first-order chi connectivity index (χ1) is 11.2. The molecule has 1 aromatic heterocycles. The van der Waals surface area contributed by atoms with Crippen molar-refractivity contribution in [3.63, 3.8) is 0 Å². The van der Waals surface area contributed by atoms with Gasteiger partial charge in [-0.15, -0.1) is 0 Å². The largest absolute Gasteiger partial charge is 0.497 e. The Bertz CT molecular complexity index is 895. The first-order valence-corrected chi connectivity index (χ1v) is 10.1. The number of hydrogen-bond acceptors (Lipinski definition) is 7. The number of methoxy groups -OCH3 is 1. The zero-order chi connectivity index (χ0) is 18.0. The number of aromatic nitrogens is 1. The smallest absolute Gasteiger partial charge is 0.245 e. The van der Waals surface area contributed by atoms with Gasteiger partial charge in [0, 0.05) is 6.54 Å². The van der Waals surface area contributed by atoms with E-state index in [2.05, 4.69) is 9.88 Å². The highest BCUT2D eigenvalue weighted by atomic mass is 32.2. The summed E-state index contributed by atoms with van der Waals surface area (Å²) in [4.78, 5) is 0.0317. The van der Waals surface area contributed by atoms with Gasteiger partial charge in [-0.1, -0.05) is 5.16 Å². The number of sulfonamides is 1. The van der Waals surface area contributed by atoms with Gasteiger partial charge in [-0.05, 0) is 38.1 Å². The third kappa shape index (κ3) is 3.94. The predicted molar refractivity (Wildman–Crippen MR) is 86.2 cm³/mol. The van der Waals surface area contributed by atoms with Gasteiger partial charge < -0.3 is 9.26 Å². The van der Waals surface area contributed by atoms with Gasteiger partial charge in [0.1, 0.15) is 16.3 Å². The average molecular weight is 374 g/mol. The lowest BCUT2D eigenvalue weighted by Gasteiger charge is -2.08. The Labute approximate surface area is 140 Å². The molecule has 0 aliphatic rings. The van der Waals surface area contributed by atoms with Crippen LogP contribution in [-0.4, -0.2) is 41.4 Å². The second-order valence-electron chi connectivity index (χ2n) is 5.05. The number of aryl methyl sites for hydroxylation is 2. The Morgan fingerprint density at radius 1 is 1.12 bits per heavy atom. The Balaban J connectivity index is 2.07. The second kappa shape index (κ2) is 6.91. The van der Waals surface area contributed by atoms with Crippen molar-refractivity contribution < 1.29 is 26.1 Å². The third-order valence-electron chi connectivity index (χ3n) is 3.32. The van der Waals surface area contributed by atoms with E-state index in [9.17, 15) is 16.8 Å². The monoisotopic (exact) mass is 374 g/mol. The molecule has 0 bridgehead atoms. The molecular formula is C14H18N2O6S2. The van der Waals surface area contributed by atoms with Gasteiger partial charge in [0.15, 0.2) is 15.6 Å². The van der Waals surface area contributed by atoms with Gasteiger partial charge in [0.05, 0.1) is 17.8 Å². The summed E-state index contributed by atoms with van der Waals surface area (Å²) in [5.41, 5.74) is 0.220. The van der Waals surface area contributed by atoms with Crippen LogP contribution in [-0.2, 0) is 19.9 Å². The molecule has 0 aliphatic heterocycles. The van der Waals surface area contributed by atoms with Gasteiger partial charge in [0.2, 0.25) is 10.0 Å². The van der Waals surface area contributed by atoms with E-state index in [0.717, 1.165) is 0 Å². The SMILES string of the molecule is COc1ccc(S(=O)(=O)CCNS(=O)(=O)c2c(C)noc2C)cc1. The summed E-state index contributed by atoms with van der Waals surface area (Å²) in [6.07, 6.45) is 0. The lowest BCUT2D eigenvalue weighted by molar-refractivity contribution is 0.390. The molecule has 0 radical (unpaired) electrons. The first-order valence-electron chi connectivity index (χ1n) is 6.97. The molecule has 0 saturated carbocycles. The van der Waals surface area contributed by atoms with Crippen molar-refractivity contribution in [1.29, 1.82) is 0 Å². The van der Waals surface area contributed by atoms with E-state index in [4.69, 9.17) is 9.26 Å². The molecule has 0 aliphatic carbocycles. The molecule has 1 aromatic carbocycles. The van der Waals surface area contributed by atoms with E-state index < -0.39 is 19.9 Å². The standard InChI is InChI=1S/C14H18N2O6S2/c1-10-14(11(2)22-16-10)24(19,20)15-8-9-23(17,18)13-6-4-12(21-3)5-7-13/h4-7,15H,8-9H2,1-3H3. The van der Waals surface area contributed by atoms with E-state index in [-0.39, 0.29) is 33.5 Å². The lowest BCUT2D eigenvalue weighted by Crippen LogP contribution is -2.29. The fourth-order valence-electron chi connectivity index (χ4n) is 2.14. The fraction of sp³-hybridized carbons (Fsp3) is 0.357. The summed E-state index contributed by atoms with van der Waals surface area (Å²) < 4.78 is 61.0. The highest BCUT2D eigenvalue weighted by Gasteiger charge is 2.24. The highest BCUT2D eigenvalue weighted by Crippen LogP contribution is 2.19. The van der Waals surface area contributed by atoms with E-state index in [0.29, 0.717) is 5.75 Å². The van der Waals surface area contributed by atoms with Crippen molar-refractivity contribution in [3.8, 4) is 5.75 Å². The number of nitrogens with one attached hydrogen (secondary N) is 1. The van der Waals surface area contributed by atoms with Crippen LogP contribution in [0.3, 0.4) is 0 Å². The minimum Gasteiger partial charge on any atom is -0.497 e. The normalized spacial score (nSPS) is 12.3. The Morgan fingerprint density at radius 2 is 1.75 bits per heavy atom. The number of sulfone groups is 1. The fourth-order valence-corrected chi connectivity index (χ4v) is 4.79. The van der Waals surface area contributed by atoms with Crippen molar-refractivity contribution in [1.82, 2.24) is 9.88 Å². The lowest BCUT2D eigenvalue weighted by atomic mass is 10.3. The summed E-state index contributed by atoms with van der Waals surface area (Å²) in [6, 6.07) is 5.88. The molecular weight excluding hydrogens is 356 g/mol. The molecule has 2 aromatic rings. The van der Waals surface area contributed by atoms with Crippen LogP contribution >= 0.6 is 0 Å². The highest BCUT2D eigenvalue weighted by molar-refractivity contribution is 7.91. The van der Waals surface area contributed by atoms with Gasteiger partial charge in [0.25, 0.3) is 0 Å². The maximum absolute atomic E-state index is 12.2. The molecule has 1 heterocycles. The van der Waals surface area contributed by atoms with Crippen molar-refractivity contribution in [3.05, 3.63) is 35.7 Å². The number of rotatable bonds is 7. The summed E-state index contributed by atoms with van der Waals surface area (Å²) in [5, 5.41) is 3.58. The van der Waals surface area contributed by atoms with Gasteiger partial charge in [-0.3, -0.25) is 0 Å². The quantitative estimate of drug-likeness (QED) is 0.770. The maximum atomic E-state index is 12.2. The number of ether oxygens (including phenoxy) is 1. The molecule has 0 amide bonds. The third-order valence-corrected chi connectivity index (χ3v) is 6.75. The minimum absolute atomic E-state index is 0.0654. The van der Waals surface area contributed by atoms with E-state index >= 15 is 0 Å².